The molecule has 62 valence electrons. The Morgan fingerprint density at radius 2 is 2.27 bits per heavy atom. The molecule has 1 amide bonds. The summed E-state index contributed by atoms with van der Waals surface area (Å²) in [5.74, 6) is 0. The summed E-state index contributed by atoms with van der Waals surface area (Å²) in [7, 11) is 0. The Labute approximate surface area is 65.1 Å². The fourth-order valence-corrected chi connectivity index (χ4v) is 1.47. The first-order valence-electron chi connectivity index (χ1n) is 3.76. The highest BCUT2D eigenvalue weighted by atomic mass is 16.6. The van der Waals surface area contributed by atoms with Gasteiger partial charge >= 0.3 is 0 Å². The molecule has 0 aliphatic carbocycles. The maximum Gasteiger partial charge on any atom is 0.209 e. The summed E-state index contributed by atoms with van der Waals surface area (Å²) in [5, 5.41) is 0. The molecule has 0 N–H and O–H groups in total. The third-order valence-electron chi connectivity index (χ3n) is 2.16. The molecule has 0 radical (unpaired) electrons. The summed E-state index contributed by atoms with van der Waals surface area (Å²) in [6, 6.07) is 0. The van der Waals surface area contributed by atoms with Crippen molar-refractivity contribution in [1.82, 2.24) is 4.90 Å². The lowest BCUT2D eigenvalue weighted by atomic mass is 10.0. The first-order chi connectivity index (χ1) is 5.35. The number of carbonyl (C=O) groups excluding carboxylic acids is 1. The maximum atomic E-state index is 10.4. The van der Waals surface area contributed by atoms with E-state index in [0.717, 1.165) is 6.41 Å². The van der Waals surface area contributed by atoms with Crippen molar-refractivity contribution >= 4 is 6.41 Å². The molecular weight excluding hydrogens is 146 g/mol. The summed E-state index contributed by atoms with van der Waals surface area (Å²) in [5.41, 5.74) is -0.154. The summed E-state index contributed by atoms with van der Waals surface area (Å²) >= 11 is 0. The third-order valence-corrected chi connectivity index (χ3v) is 2.16. The Morgan fingerprint density at radius 3 is 2.82 bits per heavy atom. The van der Waals surface area contributed by atoms with E-state index < -0.39 is 0 Å². The van der Waals surface area contributed by atoms with Crippen LogP contribution in [0.2, 0.25) is 0 Å². The lowest BCUT2D eigenvalue weighted by Gasteiger charge is -2.46. The number of hydrogen-bond acceptors (Lipinski definition) is 3. The van der Waals surface area contributed by atoms with Crippen molar-refractivity contribution in [2.45, 2.75) is 5.60 Å². The van der Waals surface area contributed by atoms with Crippen molar-refractivity contribution in [2.24, 2.45) is 0 Å². The van der Waals surface area contributed by atoms with Crippen LogP contribution < -0.4 is 0 Å². The van der Waals surface area contributed by atoms with Gasteiger partial charge in [-0.15, -0.1) is 0 Å². The van der Waals surface area contributed by atoms with Crippen molar-refractivity contribution in [3.05, 3.63) is 0 Å². The number of rotatable bonds is 1. The van der Waals surface area contributed by atoms with Gasteiger partial charge in [0, 0.05) is 6.54 Å². The van der Waals surface area contributed by atoms with Gasteiger partial charge in [-0.25, -0.2) is 0 Å². The second kappa shape index (κ2) is 2.46. The molecular formula is C7H11NO3. The van der Waals surface area contributed by atoms with Crippen LogP contribution in [0.15, 0.2) is 0 Å². The summed E-state index contributed by atoms with van der Waals surface area (Å²) in [6.07, 6.45) is 0.878. The fourth-order valence-electron chi connectivity index (χ4n) is 1.47. The largest absolute Gasteiger partial charge is 0.375 e. The van der Waals surface area contributed by atoms with E-state index >= 15 is 0 Å². The molecule has 4 heteroatoms. The molecule has 1 spiro atoms. The molecule has 0 saturated carbocycles. The Bertz CT molecular complexity index is 167. The van der Waals surface area contributed by atoms with E-state index in [1.165, 1.54) is 0 Å². The van der Waals surface area contributed by atoms with E-state index in [4.69, 9.17) is 9.47 Å². The van der Waals surface area contributed by atoms with E-state index in [2.05, 4.69) is 0 Å². The minimum atomic E-state index is -0.154. The quantitative estimate of drug-likeness (QED) is 0.470. The molecule has 0 aromatic heterocycles. The second-order valence-electron chi connectivity index (χ2n) is 3.10. The smallest absolute Gasteiger partial charge is 0.209 e. The average molecular weight is 157 g/mol. The second-order valence-corrected chi connectivity index (χ2v) is 3.10. The van der Waals surface area contributed by atoms with E-state index in [0.29, 0.717) is 32.9 Å². The van der Waals surface area contributed by atoms with Gasteiger partial charge in [0.2, 0.25) is 6.41 Å². The van der Waals surface area contributed by atoms with Crippen LogP contribution in [0.1, 0.15) is 0 Å². The van der Waals surface area contributed by atoms with Gasteiger partial charge in [-0.05, 0) is 0 Å². The highest BCUT2D eigenvalue weighted by Gasteiger charge is 2.43. The van der Waals surface area contributed by atoms with Gasteiger partial charge in [0.15, 0.2) is 0 Å². The van der Waals surface area contributed by atoms with Crippen molar-refractivity contribution < 1.29 is 14.3 Å². The number of nitrogens with zero attached hydrogens (tertiary/aromatic N) is 1. The highest BCUT2D eigenvalue weighted by molar-refractivity contribution is 5.47. The van der Waals surface area contributed by atoms with Crippen LogP contribution in [0, 0.1) is 0 Å². The predicted molar refractivity (Wildman–Crippen MR) is 37.1 cm³/mol. The normalized spacial score (nSPS) is 28.2. The van der Waals surface area contributed by atoms with Crippen molar-refractivity contribution in [3.8, 4) is 0 Å². The standard InChI is InChI=1S/C7H11NO3/c9-6-8-1-2-11-7(3-8)4-10-5-7/h6H,1-5H2. The van der Waals surface area contributed by atoms with Gasteiger partial charge < -0.3 is 14.4 Å². The molecule has 0 aromatic rings. The predicted octanol–water partition coefficient (Wildman–Crippen LogP) is -0.756. The molecule has 0 unspecified atom stereocenters. The van der Waals surface area contributed by atoms with E-state index in [1.54, 1.807) is 4.90 Å². The zero-order chi connectivity index (χ0) is 7.73. The van der Waals surface area contributed by atoms with Gasteiger partial charge in [-0.2, -0.15) is 0 Å². The van der Waals surface area contributed by atoms with Crippen LogP contribution in [-0.4, -0.2) is 49.8 Å². The molecule has 0 atom stereocenters. The van der Waals surface area contributed by atoms with Gasteiger partial charge in [0.05, 0.1) is 26.4 Å². The summed E-state index contributed by atoms with van der Waals surface area (Å²) < 4.78 is 10.5. The fraction of sp³-hybridized carbons (Fsp3) is 0.857. The zero-order valence-electron chi connectivity index (χ0n) is 6.28. The van der Waals surface area contributed by atoms with Crippen molar-refractivity contribution in [3.63, 3.8) is 0 Å². The van der Waals surface area contributed by atoms with Crippen LogP contribution >= 0.6 is 0 Å². The number of amides is 1. The van der Waals surface area contributed by atoms with Crippen LogP contribution in [0.3, 0.4) is 0 Å². The Kier molecular flexibility index (Phi) is 1.58. The highest BCUT2D eigenvalue weighted by Crippen LogP contribution is 2.25. The lowest BCUT2D eigenvalue weighted by Crippen LogP contribution is -2.62. The van der Waals surface area contributed by atoms with E-state index in [9.17, 15) is 4.79 Å². The molecule has 2 heterocycles. The number of hydrogen-bond donors (Lipinski definition) is 0. The monoisotopic (exact) mass is 157 g/mol. The Hall–Kier alpha value is -0.610. The molecule has 11 heavy (non-hydrogen) atoms. The zero-order valence-corrected chi connectivity index (χ0v) is 6.28. The van der Waals surface area contributed by atoms with Crippen LogP contribution in [-0.2, 0) is 14.3 Å². The third kappa shape index (κ3) is 1.12. The topological polar surface area (TPSA) is 38.8 Å². The molecule has 0 aromatic carbocycles. The summed E-state index contributed by atoms with van der Waals surface area (Å²) in [6.45, 7) is 3.32. The molecule has 4 nitrogen and oxygen atoms in total. The summed E-state index contributed by atoms with van der Waals surface area (Å²) in [4.78, 5) is 12.2. The number of morpholine rings is 1. The minimum Gasteiger partial charge on any atom is -0.375 e. The first kappa shape index (κ1) is 7.06. The molecule has 2 saturated heterocycles. The van der Waals surface area contributed by atoms with Gasteiger partial charge in [0.25, 0.3) is 0 Å². The molecule has 2 fully saturated rings. The van der Waals surface area contributed by atoms with Crippen LogP contribution in [0.25, 0.3) is 0 Å². The van der Waals surface area contributed by atoms with Gasteiger partial charge in [-0.3, -0.25) is 4.79 Å². The maximum absolute atomic E-state index is 10.4. The van der Waals surface area contributed by atoms with Gasteiger partial charge in [0.1, 0.15) is 5.60 Å². The minimum absolute atomic E-state index is 0.154. The SMILES string of the molecule is O=CN1CCOC2(COC2)C1. The molecule has 0 bridgehead atoms. The van der Waals surface area contributed by atoms with E-state index in [1.807, 2.05) is 0 Å². The number of carbonyl (C=O) groups is 1. The Morgan fingerprint density at radius 1 is 1.45 bits per heavy atom. The molecule has 2 aliphatic rings. The van der Waals surface area contributed by atoms with E-state index in [-0.39, 0.29) is 5.60 Å². The molecule has 2 rings (SSSR count). The first-order valence-corrected chi connectivity index (χ1v) is 3.76. The van der Waals surface area contributed by atoms with Crippen molar-refractivity contribution in [1.29, 1.82) is 0 Å². The lowest BCUT2D eigenvalue weighted by molar-refractivity contribution is -0.234. The molecule has 2 aliphatic heterocycles. The van der Waals surface area contributed by atoms with Crippen molar-refractivity contribution in [2.75, 3.05) is 32.9 Å². The van der Waals surface area contributed by atoms with Gasteiger partial charge in [-0.1, -0.05) is 0 Å². The Balaban J connectivity index is 1.97. The van der Waals surface area contributed by atoms with Crippen LogP contribution in [0.4, 0.5) is 0 Å². The average Bonchev–Trinajstić information content (AvgIpc) is 2.02. The van der Waals surface area contributed by atoms with Crippen LogP contribution in [0.5, 0.6) is 0 Å². The number of ether oxygens (including phenoxy) is 2.